The minimum absolute atomic E-state index is 0.0441. The van der Waals surface area contributed by atoms with Crippen LogP contribution in [0.15, 0.2) is 40.8 Å². The highest BCUT2D eigenvalue weighted by molar-refractivity contribution is 6.32. The third-order valence-corrected chi connectivity index (χ3v) is 12.4. The number of hydrogen-bond donors (Lipinski definition) is 5. The van der Waals surface area contributed by atoms with Crippen molar-refractivity contribution >= 4 is 34.9 Å². The number of ketones is 3. The summed E-state index contributed by atoms with van der Waals surface area (Å²) in [6.45, 7) is 12.2. The zero-order valence-electron chi connectivity index (χ0n) is 34.7. The minimum Gasteiger partial charge on any atom is -0.507 e. The van der Waals surface area contributed by atoms with E-state index in [0.717, 1.165) is 6.08 Å². The molecule has 13 unspecified atom stereocenters. The lowest BCUT2D eigenvalue weighted by molar-refractivity contribution is -0.162. The molecule has 0 radical (unpaired) electrons. The van der Waals surface area contributed by atoms with Crippen molar-refractivity contribution < 1.29 is 68.1 Å². The number of esters is 1. The van der Waals surface area contributed by atoms with Gasteiger partial charge in [0.15, 0.2) is 12.1 Å². The zero-order valence-corrected chi connectivity index (χ0v) is 34.7. The Morgan fingerprint density at radius 1 is 0.949 bits per heavy atom. The van der Waals surface area contributed by atoms with Crippen molar-refractivity contribution in [3.8, 4) is 11.5 Å². The first-order valence-corrected chi connectivity index (χ1v) is 20.0. The third-order valence-electron chi connectivity index (χ3n) is 12.4. The number of phenols is 1. The first-order chi connectivity index (χ1) is 27.7. The standard InChI is InChI=1S/C43H54N2O14/c1-17-14-29(47)24-15-25(24)36(50)19(3)35(49)20(4)39(58-23(7)46)18(2)30(55-9)12-13-56-43(8)41(53)34-32-27(44-26-10-11-31(48)57-22(26)6)16-28(45-42(17)54)38(52)33(32)37(51)21(5)40(34)59-43/h12-14,16,18-20,22,24-26,30-31,35-36,39,48-51H,10-11,15H2,1-9H3,(H,45,54). The number of nitrogens with zero attached hydrogens (tertiary/aromatic N) is 1. The van der Waals surface area contributed by atoms with Gasteiger partial charge in [0.25, 0.3) is 11.7 Å². The highest BCUT2D eigenvalue weighted by Gasteiger charge is 2.52. The average Bonchev–Trinajstić information content (AvgIpc) is 3.94. The zero-order chi connectivity index (χ0) is 43.4. The Bertz CT molecular complexity index is 2050. The number of rotatable bonds is 3. The number of hydrogen-bond acceptors (Lipinski definition) is 15. The quantitative estimate of drug-likeness (QED) is 0.276. The van der Waals surface area contributed by atoms with Gasteiger partial charge in [-0.05, 0) is 57.8 Å². The van der Waals surface area contributed by atoms with Crippen LogP contribution in [0.5, 0.6) is 11.5 Å². The maximum Gasteiger partial charge on any atom is 0.312 e. The summed E-state index contributed by atoms with van der Waals surface area (Å²) in [4.78, 5) is 73.1. The summed E-state index contributed by atoms with van der Waals surface area (Å²) >= 11 is 0. The van der Waals surface area contributed by atoms with Gasteiger partial charge >= 0.3 is 11.8 Å². The lowest BCUT2D eigenvalue weighted by atomic mass is 9.79. The molecule has 4 heterocycles. The van der Waals surface area contributed by atoms with E-state index in [2.05, 4.69) is 5.32 Å². The number of benzene rings is 1. The molecule has 6 aliphatic rings. The molecule has 4 aliphatic heterocycles. The van der Waals surface area contributed by atoms with Crippen LogP contribution in [0.4, 0.5) is 0 Å². The van der Waals surface area contributed by atoms with E-state index in [4.69, 9.17) is 28.7 Å². The molecule has 320 valence electrons. The highest BCUT2D eigenvalue weighted by Crippen LogP contribution is 2.49. The van der Waals surface area contributed by atoms with Crippen LogP contribution in [0, 0.1) is 36.5 Å². The summed E-state index contributed by atoms with van der Waals surface area (Å²) in [5.74, 6) is -9.25. The fraction of sp³-hybridized carbons (Fsp3) is 0.581. The molecule has 5 N–H and O–H groups in total. The van der Waals surface area contributed by atoms with E-state index in [9.17, 15) is 44.4 Å². The number of aliphatic imine (C=N–C) groups is 1. The second kappa shape index (κ2) is 16.7. The first-order valence-electron chi connectivity index (χ1n) is 20.0. The van der Waals surface area contributed by atoms with Gasteiger partial charge in [0.2, 0.25) is 5.78 Å². The van der Waals surface area contributed by atoms with Crippen LogP contribution in [-0.2, 0) is 33.3 Å². The maximum absolute atomic E-state index is 14.5. The maximum atomic E-state index is 14.5. The van der Waals surface area contributed by atoms with Gasteiger partial charge in [-0.25, -0.2) is 0 Å². The van der Waals surface area contributed by atoms with Crippen LogP contribution >= 0.6 is 0 Å². The van der Waals surface area contributed by atoms with E-state index in [-0.39, 0.29) is 51.4 Å². The SMILES string of the molecule is COC1C=COC2(C)Oc3c(C)c(O)c4c(c3C2=O)C(=NC2CCC(O)OC2C)C=C(NC(=O)C(C)=CC(=O)C2CC2C(O)C(C)C(O)C(C)C(OC(C)=O)C1C)C4=O. The van der Waals surface area contributed by atoms with E-state index in [1.807, 2.05) is 0 Å². The van der Waals surface area contributed by atoms with Crippen molar-refractivity contribution in [2.45, 2.75) is 123 Å². The summed E-state index contributed by atoms with van der Waals surface area (Å²) in [6.07, 6.45) is 0.385. The lowest BCUT2D eigenvalue weighted by Crippen LogP contribution is -2.46. The van der Waals surface area contributed by atoms with Crippen LogP contribution in [0.1, 0.15) is 99.6 Å². The minimum atomic E-state index is -2.03. The molecule has 16 nitrogen and oxygen atoms in total. The molecular formula is C43H54N2O14. The molecular weight excluding hydrogens is 768 g/mol. The summed E-state index contributed by atoms with van der Waals surface area (Å²) in [7, 11) is 1.42. The number of phenolic OH excluding ortho intramolecular Hbond substituents is 1. The normalized spacial score (nSPS) is 37.2. The average molecular weight is 823 g/mol. The van der Waals surface area contributed by atoms with Crippen LogP contribution in [0.2, 0.25) is 0 Å². The molecule has 7 rings (SSSR count). The Morgan fingerprint density at radius 2 is 1.64 bits per heavy atom. The summed E-state index contributed by atoms with van der Waals surface area (Å²) in [5, 5.41) is 47.2. The largest absolute Gasteiger partial charge is 0.507 e. The number of fused-ring (bicyclic) bond motifs is 12. The second-order valence-corrected chi connectivity index (χ2v) is 16.6. The van der Waals surface area contributed by atoms with Crippen LogP contribution < -0.4 is 10.1 Å². The molecule has 2 fully saturated rings. The Balaban J connectivity index is 1.48. The number of Topliss-reactive ketones (excluding diaryl/α,β-unsaturated/α-hetero) is 2. The van der Waals surface area contributed by atoms with Gasteiger partial charge in [0, 0.05) is 67.7 Å². The smallest absolute Gasteiger partial charge is 0.312 e. The van der Waals surface area contributed by atoms with Gasteiger partial charge in [-0.2, -0.15) is 0 Å². The van der Waals surface area contributed by atoms with Gasteiger partial charge in [0.1, 0.15) is 17.6 Å². The van der Waals surface area contributed by atoms with E-state index in [1.54, 1.807) is 27.7 Å². The molecule has 1 aromatic rings. The number of nitrogens with one attached hydrogen (secondary N) is 1. The molecule has 1 amide bonds. The number of amides is 1. The predicted octanol–water partition coefficient (Wildman–Crippen LogP) is 3.14. The van der Waals surface area contributed by atoms with Crippen molar-refractivity contribution in [2.24, 2.45) is 34.6 Å². The monoisotopic (exact) mass is 822 g/mol. The van der Waals surface area contributed by atoms with Crippen molar-refractivity contribution in [2.75, 3.05) is 7.11 Å². The van der Waals surface area contributed by atoms with Crippen molar-refractivity contribution in [1.29, 1.82) is 0 Å². The van der Waals surface area contributed by atoms with Crippen molar-refractivity contribution in [3.63, 3.8) is 0 Å². The number of aliphatic hydroxyl groups is 3. The molecule has 0 aromatic heterocycles. The molecule has 1 aromatic carbocycles. The molecule has 13 atom stereocenters. The molecule has 5 bridgehead atoms. The van der Waals surface area contributed by atoms with Crippen LogP contribution in [0.25, 0.3) is 0 Å². The summed E-state index contributed by atoms with van der Waals surface area (Å²) < 4.78 is 29.3. The second-order valence-electron chi connectivity index (χ2n) is 16.6. The Labute approximate surface area is 342 Å². The number of ether oxygens (including phenoxy) is 5. The van der Waals surface area contributed by atoms with E-state index < -0.39 is 113 Å². The topological polar surface area (TPSA) is 237 Å². The first kappa shape index (κ1) is 43.8. The van der Waals surface area contributed by atoms with E-state index in [1.165, 1.54) is 53.2 Å². The van der Waals surface area contributed by atoms with E-state index in [0.29, 0.717) is 12.8 Å². The van der Waals surface area contributed by atoms with Gasteiger partial charge < -0.3 is 49.4 Å². The Morgan fingerprint density at radius 3 is 2.29 bits per heavy atom. The number of carbonyl (C=O) groups is 5. The Kier molecular flexibility index (Phi) is 12.4. The molecule has 59 heavy (non-hydrogen) atoms. The summed E-state index contributed by atoms with van der Waals surface area (Å²) in [6, 6.07) is -0.576. The van der Waals surface area contributed by atoms with E-state index >= 15 is 0 Å². The highest BCUT2D eigenvalue weighted by atomic mass is 16.7. The van der Waals surface area contributed by atoms with Crippen molar-refractivity contribution in [3.05, 3.63) is 58.0 Å². The van der Waals surface area contributed by atoms with Gasteiger partial charge in [-0.1, -0.05) is 20.8 Å². The number of allylic oxidation sites excluding steroid dienone is 3. The molecule has 0 spiro atoms. The lowest BCUT2D eigenvalue weighted by Gasteiger charge is -2.37. The van der Waals surface area contributed by atoms with Crippen LogP contribution in [0.3, 0.4) is 0 Å². The number of aliphatic hydroxyl groups excluding tert-OH is 3. The fourth-order valence-electron chi connectivity index (χ4n) is 8.69. The van der Waals surface area contributed by atoms with Gasteiger partial charge in [-0.3, -0.25) is 29.0 Å². The van der Waals surface area contributed by atoms with Crippen LogP contribution in [-0.4, -0.2) is 111 Å². The Hall–Kier alpha value is -4.74. The number of carbonyl (C=O) groups excluding carboxylic acids is 5. The summed E-state index contributed by atoms with van der Waals surface area (Å²) in [5.41, 5.74) is -0.683. The number of aromatic hydroxyl groups is 1. The van der Waals surface area contributed by atoms with Gasteiger partial charge in [-0.15, -0.1) is 0 Å². The molecule has 2 aliphatic carbocycles. The molecule has 1 saturated heterocycles. The van der Waals surface area contributed by atoms with Gasteiger partial charge in [0.05, 0.1) is 59.3 Å². The predicted molar refractivity (Wildman–Crippen MR) is 209 cm³/mol. The molecule has 16 heteroatoms. The molecule has 1 saturated carbocycles. The van der Waals surface area contributed by atoms with Crippen molar-refractivity contribution in [1.82, 2.24) is 5.32 Å². The fourth-order valence-corrected chi connectivity index (χ4v) is 8.69. The number of methoxy groups -OCH3 is 1. The third kappa shape index (κ3) is 8.25.